The van der Waals surface area contributed by atoms with Crippen molar-refractivity contribution < 1.29 is 23.2 Å². The maximum atomic E-state index is 14.1. The number of fused-ring (bicyclic) bond motifs is 1. The molecule has 0 spiro atoms. The smallest absolute Gasteiger partial charge is 0.255 e. The molecule has 0 aromatic heterocycles. The fraction of sp³-hybridized carbons (Fsp3) is 0.609. The van der Waals surface area contributed by atoms with Gasteiger partial charge in [-0.25, -0.2) is 8.78 Å². The van der Waals surface area contributed by atoms with E-state index in [9.17, 15) is 23.2 Å². The van der Waals surface area contributed by atoms with Crippen LogP contribution in [-0.2, 0) is 22.6 Å². The van der Waals surface area contributed by atoms with Crippen LogP contribution in [0.3, 0.4) is 0 Å². The van der Waals surface area contributed by atoms with Crippen LogP contribution in [0, 0.1) is 5.92 Å². The van der Waals surface area contributed by atoms with Gasteiger partial charge in [-0.15, -0.1) is 0 Å². The predicted octanol–water partition coefficient (Wildman–Crippen LogP) is 2.79. The molecule has 3 atom stereocenters. The van der Waals surface area contributed by atoms with Crippen molar-refractivity contribution in [1.82, 2.24) is 15.5 Å². The largest absolute Gasteiger partial charge is 0.322 e. The summed E-state index contributed by atoms with van der Waals surface area (Å²) in [4.78, 5) is 38.0. The topological polar surface area (TPSA) is 78.5 Å². The molecule has 31 heavy (non-hydrogen) atoms. The van der Waals surface area contributed by atoms with Gasteiger partial charge in [0.25, 0.3) is 5.91 Å². The number of halogens is 2. The van der Waals surface area contributed by atoms with Gasteiger partial charge < -0.3 is 10.2 Å². The number of piperidine rings is 1. The molecule has 2 fully saturated rings. The Kier molecular flexibility index (Phi) is 5.85. The molecule has 1 aromatic rings. The number of alkyl halides is 2. The Morgan fingerprint density at radius 3 is 2.71 bits per heavy atom. The van der Waals surface area contributed by atoms with E-state index in [0.29, 0.717) is 31.4 Å². The van der Waals surface area contributed by atoms with Gasteiger partial charge in [0.15, 0.2) is 0 Å². The highest BCUT2D eigenvalue weighted by Crippen LogP contribution is 2.39. The molecule has 4 rings (SSSR count). The lowest BCUT2D eigenvalue weighted by Gasteiger charge is -2.37. The van der Waals surface area contributed by atoms with Crippen molar-refractivity contribution in [1.29, 1.82) is 0 Å². The molecule has 1 saturated heterocycles. The summed E-state index contributed by atoms with van der Waals surface area (Å²) in [6.45, 7) is 4.34. The third-order valence-electron chi connectivity index (χ3n) is 6.58. The van der Waals surface area contributed by atoms with Crippen molar-refractivity contribution in [3.05, 3.63) is 34.9 Å². The number of carbonyl (C=O) groups excluding carboxylic acids is 3. The molecule has 1 unspecified atom stereocenters. The molecule has 0 bridgehead atoms. The molecule has 168 valence electrons. The van der Waals surface area contributed by atoms with Crippen molar-refractivity contribution >= 4 is 17.7 Å². The standard InChI is InChI=1S/C23H29F2N3O3/c1-13(2)26-18-7-8-23(24,25)11-15(18)9-14-3-4-17-16(10-14)12-28(22(17)31)19-5-6-20(29)27-21(19)30/h3-4,10,13,15,18-19,26H,5-9,11-12H2,1-2H3,(H,27,29,30)/t15-,18-,19?/m0/s1. The van der Waals surface area contributed by atoms with E-state index >= 15 is 0 Å². The summed E-state index contributed by atoms with van der Waals surface area (Å²) in [6.07, 6.45) is 1.25. The lowest BCUT2D eigenvalue weighted by Crippen LogP contribution is -2.52. The average Bonchev–Trinajstić information content (AvgIpc) is 2.99. The van der Waals surface area contributed by atoms with Crippen LogP contribution in [0.15, 0.2) is 18.2 Å². The minimum absolute atomic E-state index is 0.0366. The first-order chi connectivity index (χ1) is 14.6. The van der Waals surface area contributed by atoms with E-state index in [1.54, 1.807) is 6.07 Å². The summed E-state index contributed by atoms with van der Waals surface area (Å²) in [6, 6.07) is 5.10. The number of hydrogen-bond donors (Lipinski definition) is 2. The minimum Gasteiger partial charge on any atom is -0.322 e. The maximum absolute atomic E-state index is 14.1. The van der Waals surface area contributed by atoms with Crippen LogP contribution in [0.5, 0.6) is 0 Å². The first-order valence-electron chi connectivity index (χ1n) is 11.0. The second-order valence-corrected chi connectivity index (χ2v) is 9.38. The zero-order chi connectivity index (χ0) is 22.3. The lowest BCUT2D eigenvalue weighted by atomic mass is 9.78. The number of nitrogens with zero attached hydrogens (tertiary/aromatic N) is 1. The van der Waals surface area contributed by atoms with Gasteiger partial charge in [0.1, 0.15) is 6.04 Å². The average molecular weight is 433 g/mol. The molecule has 1 saturated carbocycles. The number of benzene rings is 1. The van der Waals surface area contributed by atoms with Crippen LogP contribution in [0.2, 0.25) is 0 Å². The summed E-state index contributed by atoms with van der Waals surface area (Å²) >= 11 is 0. The van der Waals surface area contributed by atoms with Crippen molar-refractivity contribution in [2.24, 2.45) is 5.92 Å². The molecular weight excluding hydrogens is 404 g/mol. The summed E-state index contributed by atoms with van der Waals surface area (Å²) in [5.41, 5.74) is 2.28. The maximum Gasteiger partial charge on any atom is 0.255 e. The first kappa shape index (κ1) is 21.9. The summed E-state index contributed by atoms with van der Waals surface area (Å²) < 4.78 is 28.2. The molecule has 1 aliphatic carbocycles. The van der Waals surface area contributed by atoms with E-state index in [4.69, 9.17) is 0 Å². The van der Waals surface area contributed by atoms with E-state index in [2.05, 4.69) is 10.6 Å². The van der Waals surface area contributed by atoms with Gasteiger partial charge in [-0.2, -0.15) is 0 Å². The lowest BCUT2D eigenvalue weighted by molar-refractivity contribution is -0.136. The van der Waals surface area contributed by atoms with Crippen LogP contribution in [0.1, 0.15) is 67.4 Å². The van der Waals surface area contributed by atoms with Gasteiger partial charge in [-0.05, 0) is 42.4 Å². The number of amides is 3. The van der Waals surface area contributed by atoms with Crippen LogP contribution in [-0.4, -0.2) is 46.7 Å². The van der Waals surface area contributed by atoms with Crippen LogP contribution in [0.25, 0.3) is 0 Å². The highest BCUT2D eigenvalue weighted by Gasteiger charge is 2.42. The third-order valence-corrected chi connectivity index (χ3v) is 6.58. The molecule has 8 heteroatoms. The second-order valence-electron chi connectivity index (χ2n) is 9.38. The quantitative estimate of drug-likeness (QED) is 0.700. The predicted molar refractivity (Wildman–Crippen MR) is 111 cm³/mol. The Morgan fingerprint density at radius 1 is 1.23 bits per heavy atom. The Labute approximate surface area is 180 Å². The number of nitrogens with one attached hydrogen (secondary N) is 2. The zero-order valence-corrected chi connectivity index (χ0v) is 17.9. The van der Waals surface area contributed by atoms with Gasteiger partial charge in [0.2, 0.25) is 17.7 Å². The van der Waals surface area contributed by atoms with Gasteiger partial charge >= 0.3 is 0 Å². The Balaban J connectivity index is 1.50. The molecule has 1 aromatic carbocycles. The van der Waals surface area contributed by atoms with E-state index in [-0.39, 0.29) is 49.1 Å². The summed E-state index contributed by atoms with van der Waals surface area (Å²) in [7, 11) is 0. The Hall–Kier alpha value is -2.35. The molecule has 2 N–H and O–H groups in total. The van der Waals surface area contributed by atoms with E-state index in [1.807, 2.05) is 26.0 Å². The molecular formula is C23H29F2N3O3. The van der Waals surface area contributed by atoms with Crippen LogP contribution >= 0.6 is 0 Å². The molecule has 6 nitrogen and oxygen atoms in total. The molecule has 2 heterocycles. The second kappa shape index (κ2) is 8.30. The SMILES string of the molecule is CC(C)N[C@H]1CCC(F)(F)C[C@@H]1Cc1ccc2c(c1)CN(C1CCC(=O)NC1=O)C2=O. The van der Waals surface area contributed by atoms with Crippen molar-refractivity contribution in [3.63, 3.8) is 0 Å². The van der Waals surface area contributed by atoms with E-state index < -0.39 is 17.9 Å². The minimum atomic E-state index is -2.64. The number of hydrogen-bond acceptors (Lipinski definition) is 4. The summed E-state index contributed by atoms with van der Waals surface area (Å²) in [5, 5.41) is 5.74. The zero-order valence-electron chi connectivity index (χ0n) is 17.9. The molecule has 2 aliphatic heterocycles. The number of rotatable bonds is 5. The fourth-order valence-corrected chi connectivity index (χ4v) is 5.15. The third kappa shape index (κ3) is 4.63. The fourth-order valence-electron chi connectivity index (χ4n) is 5.15. The van der Waals surface area contributed by atoms with E-state index in [0.717, 1.165) is 11.1 Å². The van der Waals surface area contributed by atoms with E-state index in [1.165, 1.54) is 4.90 Å². The Morgan fingerprint density at radius 2 is 2.00 bits per heavy atom. The van der Waals surface area contributed by atoms with Crippen LogP contribution < -0.4 is 10.6 Å². The highest BCUT2D eigenvalue weighted by atomic mass is 19.3. The summed E-state index contributed by atoms with van der Waals surface area (Å²) in [5.74, 6) is -3.81. The Bertz CT molecular complexity index is 902. The monoisotopic (exact) mass is 433 g/mol. The number of carbonyl (C=O) groups is 3. The van der Waals surface area contributed by atoms with Gasteiger partial charge in [-0.3, -0.25) is 19.7 Å². The first-order valence-corrected chi connectivity index (χ1v) is 11.0. The normalized spacial score (nSPS) is 28.1. The van der Waals surface area contributed by atoms with Crippen molar-refractivity contribution in [2.45, 2.75) is 83.0 Å². The highest BCUT2D eigenvalue weighted by molar-refractivity contribution is 6.05. The molecule has 0 radical (unpaired) electrons. The molecule has 3 aliphatic rings. The molecule has 3 amide bonds. The van der Waals surface area contributed by atoms with Gasteiger partial charge in [0.05, 0.1) is 0 Å². The van der Waals surface area contributed by atoms with Crippen molar-refractivity contribution in [3.8, 4) is 0 Å². The van der Waals surface area contributed by atoms with Gasteiger partial charge in [-0.1, -0.05) is 26.0 Å². The van der Waals surface area contributed by atoms with Crippen molar-refractivity contribution in [2.75, 3.05) is 0 Å². The number of imide groups is 1. The van der Waals surface area contributed by atoms with Gasteiger partial charge in [0, 0.05) is 43.5 Å². The van der Waals surface area contributed by atoms with Crippen LogP contribution in [0.4, 0.5) is 8.78 Å².